The first-order chi connectivity index (χ1) is 8.66. The molecule has 0 unspecified atom stereocenters. The van der Waals surface area contributed by atoms with Crippen molar-refractivity contribution in [2.45, 2.75) is 18.9 Å². The molecule has 0 aliphatic heterocycles. The molecule has 0 atom stereocenters. The first-order valence-electron chi connectivity index (χ1n) is 5.77. The second kappa shape index (κ2) is 5.44. The summed E-state index contributed by atoms with van der Waals surface area (Å²) in [6, 6.07) is 3.70. The molecule has 1 fully saturated rings. The Morgan fingerprint density at radius 2 is 2.28 bits per heavy atom. The fourth-order valence-corrected chi connectivity index (χ4v) is 1.66. The Kier molecular flexibility index (Phi) is 3.72. The molecular formula is C13H14N2O3. The van der Waals surface area contributed by atoms with E-state index in [-0.39, 0.29) is 18.5 Å². The molecular weight excluding hydrogens is 232 g/mol. The van der Waals surface area contributed by atoms with E-state index in [1.807, 2.05) is 6.07 Å². The van der Waals surface area contributed by atoms with E-state index in [1.165, 1.54) is 11.0 Å². The second-order valence-corrected chi connectivity index (χ2v) is 4.21. The molecule has 5 nitrogen and oxygen atoms in total. The molecule has 1 heterocycles. The van der Waals surface area contributed by atoms with E-state index in [4.69, 9.17) is 5.11 Å². The first kappa shape index (κ1) is 12.3. The monoisotopic (exact) mass is 246 g/mol. The summed E-state index contributed by atoms with van der Waals surface area (Å²) in [7, 11) is 0. The van der Waals surface area contributed by atoms with Crippen LogP contribution in [0, 0.1) is 0 Å². The number of carboxylic acids is 1. The van der Waals surface area contributed by atoms with Gasteiger partial charge in [0.25, 0.3) is 0 Å². The van der Waals surface area contributed by atoms with Crippen LogP contribution >= 0.6 is 0 Å². The predicted molar refractivity (Wildman–Crippen MR) is 65.6 cm³/mol. The Morgan fingerprint density at radius 1 is 1.50 bits per heavy atom. The van der Waals surface area contributed by atoms with Gasteiger partial charge in [-0.25, -0.2) is 0 Å². The molecule has 1 aliphatic rings. The van der Waals surface area contributed by atoms with Crippen LogP contribution in [0.4, 0.5) is 0 Å². The summed E-state index contributed by atoms with van der Waals surface area (Å²) in [5.41, 5.74) is 0.817. The fourth-order valence-electron chi connectivity index (χ4n) is 1.66. The maximum Gasteiger partial charge on any atom is 0.323 e. The summed E-state index contributed by atoms with van der Waals surface area (Å²) in [4.78, 5) is 27.9. The number of hydrogen-bond acceptors (Lipinski definition) is 3. The molecule has 0 saturated heterocycles. The summed E-state index contributed by atoms with van der Waals surface area (Å²) < 4.78 is 0. The highest BCUT2D eigenvalue weighted by molar-refractivity contribution is 5.93. The summed E-state index contributed by atoms with van der Waals surface area (Å²) >= 11 is 0. The molecule has 0 radical (unpaired) electrons. The van der Waals surface area contributed by atoms with Gasteiger partial charge in [0.2, 0.25) is 5.91 Å². The number of aliphatic carboxylic acids is 1. The lowest BCUT2D eigenvalue weighted by molar-refractivity contribution is -0.143. The topological polar surface area (TPSA) is 70.5 Å². The van der Waals surface area contributed by atoms with Gasteiger partial charge >= 0.3 is 5.97 Å². The van der Waals surface area contributed by atoms with Gasteiger partial charge in [-0.3, -0.25) is 14.6 Å². The Labute approximate surface area is 105 Å². The van der Waals surface area contributed by atoms with Gasteiger partial charge in [-0.05, 0) is 30.5 Å². The third-order valence-electron chi connectivity index (χ3n) is 2.68. The number of rotatable bonds is 5. The maximum atomic E-state index is 11.9. The predicted octanol–water partition coefficient (Wildman–Crippen LogP) is 1.17. The normalized spacial score (nSPS) is 14.7. The molecule has 1 aliphatic carbocycles. The second-order valence-electron chi connectivity index (χ2n) is 4.21. The van der Waals surface area contributed by atoms with E-state index in [1.54, 1.807) is 24.5 Å². The van der Waals surface area contributed by atoms with Gasteiger partial charge in [0.15, 0.2) is 0 Å². The summed E-state index contributed by atoms with van der Waals surface area (Å²) in [6.45, 7) is -0.235. The van der Waals surface area contributed by atoms with Gasteiger partial charge in [-0.15, -0.1) is 0 Å². The van der Waals surface area contributed by atoms with Crippen molar-refractivity contribution in [1.82, 2.24) is 9.88 Å². The van der Waals surface area contributed by atoms with Gasteiger partial charge in [-0.1, -0.05) is 6.07 Å². The fraction of sp³-hybridized carbons (Fsp3) is 0.308. The zero-order valence-corrected chi connectivity index (χ0v) is 9.82. The largest absolute Gasteiger partial charge is 0.480 e. The van der Waals surface area contributed by atoms with Crippen molar-refractivity contribution in [1.29, 1.82) is 0 Å². The van der Waals surface area contributed by atoms with Crippen molar-refractivity contribution in [3.05, 3.63) is 36.2 Å². The summed E-state index contributed by atoms with van der Waals surface area (Å²) in [6.07, 6.45) is 8.12. The van der Waals surface area contributed by atoms with Crippen molar-refractivity contribution in [2.75, 3.05) is 6.54 Å². The SMILES string of the molecule is O=C(O)CN(C(=O)/C=C/c1cccnc1)C1CC1. The number of carbonyl (C=O) groups excluding carboxylic acids is 1. The van der Waals surface area contributed by atoms with Gasteiger partial charge in [0, 0.05) is 24.5 Å². The number of pyridine rings is 1. The maximum absolute atomic E-state index is 11.9. The number of amides is 1. The molecule has 18 heavy (non-hydrogen) atoms. The molecule has 5 heteroatoms. The zero-order valence-electron chi connectivity index (χ0n) is 9.82. The lowest BCUT2D eigenvalue weighted by atomic mass is 10.2. The number of hydrogen-bond donors (Lipinski definition) is 1. The van der Waals surface area contributed by atoms with Crippen LogP contribution in [0.3, 0.4) is 0 Å². The van der Waals surface area contributed by atoms with Gasteiger partial charge in [-0.2, -0.15) is 0 Å². The molecule has 0 aromatic carbocycles. The van der Waals surface area contributed by atoms with Crippen molar-refractivity contribution in [3.8, 4) is 0 Å². The highest BCUT2D eigenvalue weighted by atomic mass is 16.4. The van der Waals surface area contributed by atoms with Crippen molar-refractivity contribution in [2.24, 2.45) is 0 Å². The van der Waals surface area contributed by atoms with Crippen LogP contribution in [-0.2, 0) is 9.59 Å². The quantitative estimate of drug-likeness (QED) is 0.792. The number of nitrogens with zero attached hydrogens (tertiary/aromatic N) is 2. The van der Waals surface area contributed by atoms with Crippen molar-refractivity contribution < 1.29 is 14.7 Å². The summed E-state index contributed by atoms with van der Waals surface area (Å²) in [5, 5.41) is 8.77. The first-order valence-corrected chi connectivity index (χ1v) is 5.77. The molecule has 1 saturated carbocycles. The van der Waals surface area contributed by atoms with Gasteiger partial charge < -0.3 is 10.0 Å². The minimum absolute atomic E-state index is 0.0900. The van der Waals surface area contributed by atoms with Crippen LogP contribution < -0.4 is 0 Å². The number of aromatic nitrogens is 1. The van der Waals surface area contributed by atoms with Crippen LogP contribution in [-0.4, -0.2) is 39.5 Å². The van der Waals surface area contributed by atoms with Crippen LogP contribution in [0.1, 0.15) is 18.4 Å². The molecule has 94 valence electrons. The van der Waals surface area contributed by atoms with Crippen LogP contribution in [0.15, 0.2) is 30.6 Å². The lowest BCUT2D eigenvalue weighted by Crippen LogP contribution is -2.36. The van der Waals surface area contributed by atoms with E-state index in [9.17, 15) is 9.59 Å². The van der Waals surface area contributed by atoms with E-state index in [2.05, 4.69) is 4.98 Å². The minimum atomic E-state index is -0.981. The molecule has 0 bridgehead atoms. The van der Waals surface area contributed by atoms with E-state index in [0.29, 0.717) is 0 Å². The van der Waals surface area contributed by atoms with Gasteiger partial charge in [0.05, 0.1) is 0 Å². The van der Waals surface area contributed by atoms with E-state index in [0.717, 1.165) is 18.4 Å². The van der Waals surface area contributed by atoms with Crippen LogP contribution in [0.2, 0.25) is 0 Å². The molecule has 1 aromatic heterocycles. The molecule has 1 amide bonds. The van der Waals surface area contributed by atoms with E-state index >= 15 is 0 Å². The highest BCUT2D eigenvalue weighted by Gasteiger charge is 2.32. The standard InChI is InChI=1S/C13H14N2O3/c16-12(6-3-10-2-1-7-14-8-10)15(9-13(17)18)11-4-5-11/h1-3,6-8,11H,4-5,9H2,(H,17,18)/b6-3+. The summed E-state index contributed by atoms with van der Waals surface area (Å²) in [5.74, 6) is -1.24. The molecule has 2 rings (SSSR count). The Hall–Kier alpha value is -2.17. The highest BCUT2D eigenvalue weighted by Crippen LogP contribution is 2.26. The minimum Gasteiger partial charge on any atom is -0.480 e. The van der Waals surface area contributed by atoms with Crippen LogP contribution in [0.25, 0.3) is 6.08 Å². The Balaban J connectivity index is 2.01. The number of carboxylic acid groups (broad SMARTS) is 1. The molecule has 1 N–H and O–H groups in total. The van der Waals surface area contributed by atoms with Crippen molar-refractivity contribution in [3.63, 3.8) is 0 Å². The third kappa shape index (κ3) is 3.41. The average molecular weight is 246 g/mol. The smallest absolute Gasteiger partial charge is 0.323 e. The Bertz CT molecular complexity index is 466. The van der Waals surface area contributed by atoms with Crippen molar-refractivity contribution >= 4 is 18.0 Å². The average Bonchev–Trinajstić information content (AvgIpc) is 3.18. The number of carbonyl (C=O) groups is 2. The van der Waals surface area contributed by atoms with Crippen LogP contribution in [0.5, 0.6) is 0 Å². The lowest BCUT2D eigenvalue weighted by Gasteiger charge is -2.17. The Morgan fingerprint density at radius 3 is 2.83 bits per heavy atom. The molecule has 0 spiro atoms. The zero-order chi connectivity index (χ0) is 13.0. The third-order valence-corrected chi connectivity index (χ3v) is 2.68. The van der Waals surface area contributed by atoms with E-state index < -0.39 is 5.97 Å². The molecule has 1 aromatic rings. The van der Waals surface area contributed by atoms with Gasteiger partial charge in [0.1, 0.15) is 6.54 Å².